The van der Waals surface area contributed by atoms with Gasteiger partial charge in [-0.2, -0.15) is 0 Å². The fraction of sp³-hybridized carbons (Fsp3) is 0.143. The van der Waals surface area contributed by atoms with E-state index < -0.39 is 11.6 Å². The number of hydrogen-bond acceptors (Lipinski definition) is 1. The Labute approximate surface area is 118 Å². The van der Waals surface area contributed by atoms with E-state index >= 15 is 0 Å². The first-order valence-electron chi connectivity index (χ1n) is 5.51. The van der Waals surface area contributed by atoms with E-state index in [0.717, 1.165) is 15.2 Å². The molecule has 0 fully saturated rings. The molecule has 2 N–H and O–H groups in total. The van der Waals surface area contributed by atoms with Crippen LogP contribution < -0.4 is 5.73 Å². The third-order valence-electron chi connectivity index (χ3n) is 2.75. The average Bonchev–Trinajstić information content (AvgIpc) is 2.33. The molecule has 0 saturated heterocycles. The third-order valence-corrected chi connectivity index (χ3v) is 3.47. The second-order valence-corrected chi connectivity index (χ2v) is 5.34. The van der Waals surface area contributed by atoms with Gasteiger partial charge in [-0.3, -0.25) is 0 Å². The van der Waals surface area contributed by atoms with Gasteiger partial charge in [0, 0.05) is 15.7 Å². The zero-order valence-corrected chi connectivity index (χ0v) is 11.7. The van der Waals surface area contributed by atoms with Crippen LogP contribution in [0.25, 0.3) is 0 Å². The molecule has 0 aliphatic carbocycles. The Morgan fingerprint density at radius 3 is 2.33 bits per heavy atom. The lowest BCUT2D eigenvalue weighted by Gasteiger charge is -2.13. The van der Waals surface area contributed by atoms with Crippen LogP contribution in [0.5, 0.6) is 0 Å². The lowest BCUT2D eigenvalue weighted by Crippen LogP contribution is -2.14. The largest absolute Gasteiger partial charge is 0.324 e. The van der Waals surface area contributed by atoms with Crippen molar-refractivity contribution in [2.75, 3.05) is 0 Å². The maximum atomic E-state index is 13.5. The molecule has 0 aromatic heterocycles. The Balaban J connectivity index is 2.15. The van der Waals surface area contributed by atoms with Crippen molar-refractivity contribution in [3.8, 4) is 0 Å². The highest BCUT2D eigenvalue weighted by molar-refractivity contribution is 14.1. The molecule has 4 heteroatoms. The Bertz CT molecular complexity index is 540. The molecule has 1 unspecified atom stereocenters. The molecule has 0 heterocycles. The van der Waals surface area contributed by atoms with Gasteiger partial charge in [-0.1, -0.05) is 18.2 Å². The SMILES string of the molecule is NC(Cc1ccc(F)cc1F)c1ccc(I)cc1. The third kappa shape index (κ3) is 3.26. The number of benzene rings is 2. The molecule has 0 bridgehead atoms. The quantitative estimate of drug-likeness (QED) is 0.829. The molecule has 18 heavy (non-hydrogen) atoms. The van der Waals surface area contributed by atoms with Gasteiger partial charge in [-0.15, -0.1) is 0 Å². The van der Waals surface area contributed by atoms with Crippen molar-refractivity contribution in [3.63, 3.8) is 0 Å². The molecule has 1 nitrogen and oxygen atoms in total. The van der Waals surface area contributed by atoms with Gasteiger partial charge in [-0.25, -0.2) is 8.78 Å². The highest BCUT2D eigenvalue weighted by Gasteiger charge is 2.11. The topological polar surface area (TPSA) is 26.0 Å². The lowest BCUT2D eigenvalue weighted by molar-refractivity contribution is 0.563. The smallest absolute Gasteiger partial charge is 0.129 e. The maximum Gasteiger partial charge on any atom is 0.129 e. The molecule has 0 radical (unpaired) electrons. The molecular formula is C14H12F2IN. The second-order valence-electron chi connectivity index (χ2n) is 4.10. The standard InChI is InChI=1S/C14H12F2IN/c15-11-4-1-10(13(16)8-11)7-14(18)9-2-5-12(17)6-3-9/h1-6,8,14H,7,18H2. The molecule has 0 aliphatic rings. The molecular weight excluding hydrogens is 347 g/mol. The van der Waals surface area contributed by atoms with Gasteiger partial charge in [0.2, 0.25) is 0 Å². The van der Waals surface area contributed by atoms with E-state index in [9.17, 15) is 8.78 Å². The fourth-order valence-corrected chi connectivity index (χ4v) is 2.11. The van der Waals surface area contributed by atoms with Crippen LogP contribution in [0.4, 0.5) is 8.78 Å². The van der Waals surface area contributed by atoms with Gasteiger partial charge >= 0.3 is 0 Å². The van der Waals surface area contributed by atoms with E-state index in [0.29, 0.717) is 12.0 Å². The van der Waals surface area contributed by atoms with E-state index in [-0.39, 0.29) is 6.04 Å². The summed E-state index contributed by atoms with van der Waals surface area (Å²) in [5, 5.41) is 0. The van der Waals surface area contributed by atoms with Crippen LogP contribution in [0.15, 0.2) is 42.5 Å². The van der Waals surface area contributed by atoms with Gasteiger partial charge in [0.15, 0.2) is 0 Å². The summed E-state index contributed by atoms with van der Waals surface area (Å²) >= 11 is 2.21. The zero-order valence-electron chi connectivity index (χ0n) is 9.54. The van der Waals surface area contributed by atoms with Gasteiger partial charge < -0.3 is 5.73 Å². The Morgan fingerprint density at radius 2 is 1.72 bits per heavy atom. The first-order chi connectivity index (χ1) is 8.56. The van der Waals surface area contributed by atoms with Crippen molar-refractivity contribution in [2.24, 2.45) is 5.73 Å². The zero-order chi connectivity index (χ0) is 13.1. The van der Waals surface area contributed by atoms with Gasteiger partial charge in [-0.05, 0) is 58.3 Å². The second kappa shape index (κ2) is 5.75. The number of hydrogen-bond donors (Lipinski definition) is 1. The summed E-state index contributed by atoms with van der Waals surface area (Å²) < 4.78 is 27.4. The molecule has 2 rings (SSSR count). The molecule has 0 spiro atoms. The summed E-state index contributed by atoms with van der Waals surface area (Å²) in [7, 11) is 0. The molecule has 0 saturated carbocycles. The summed E-state index contributed by atoms with van der Waals surface area (Å²) in [6, 6.07) is 11.0. The molecule has 2 aromatic carbocycles. The van der Waals surface area contributed by atoms with Gasteiger partial charge in [0.05, 0.1) is 0 Å². The van der Waals surface area contributed by atoms with Crippen molar-refractivity contribution < 1.29 is 8.78 Å². The summed E-state index contributed by atoms with van der Waals surface area (Å²) in [5.41, 5.74) is 7.40. The van der Waals surface area contributed by atoms with Crippen LogP contribution in [0.1, 0.15) is 17.2 Å². The highest BCUT2D eigenvalue weighted by atomic mass is 127. The summed E-state index contributed by atoms with van der Waals surface area (Å²) in [6.45, 7) is 0. The van der Waals surface area contributed by atoms with Crippen molar-refractivity contribution in [1.29, 1.82) is 0 Å². The van der Waals surface area contributed by atoms with Crippen molar-refractivity contribution in [3.05, 3.63) is 68.8 Å². The van der Waals surface area contributed by atoms with Crippen LogP contribution in [-0.2, 0) is 6.42 Å². The van der Waals surface area contributed by atoms with Crippen LogP contribution in [-0.4, -0.2) is 0 Å². The van der Waals surface area contributed by atoms with Gasteiger partial charge in [0.1, 0.15) is 11.6 Å². The highest BCUT2D eigenvalue weighted by Crippen LogP contribution is 2.19. The fourth-order valence-electron chi connectivity index (χ4n) is 1.75. The van der Waals surface area contributed by atoms with Crippen LogP contribution in [0, 0.1) is 15.2 Å². The number of rotatable bonds is 3. The predicted octanol–water partition coefficient (Wildman–Crippen LogP) is 3.81. The van der Waals surface area contributed by atoms with E-state index in [4.69, 9.17) is 5.73 Å². The molecule has 94 valence electrons. The van der Waals surface area contributed by atoms with Crippen LogP contribution in [0.2, 0.25) is 0 Å². The maximum absolute atomic E-state index is 13.5. The minimum atomic E-state index is -0.570. The summed E-state index contributed by atoms with van der Waals surface area (Å²) in [4.78, 5) is 0. The molecule has 2 aromatic rings. The lowest BCUT2D eigenvalue weighted by atomic mass is 9.99. The van der Waals surface area contributed by atoms with Gasteiger partial charge in [0.25, 0.3) is 0 Å². The minimum Gasteiger partial charge on any atom is -0.324 e. The van der Waals surface area contributed by atoms with E-state index in [1.165, 1.54) is 12.1 Å². The minimum absolute atomic E-state index is 0.290. The summed E-state index contributed by atoms with van der Waals surface area (Å²) in [6.07, 6.45) is 0.354. The predicted molar refractivity (Wildman–Crippen MR) is 76.1 cm³/mol. The van der Waals surface area contributed by atoms with Crippen LogP contribution >= 0.6 is 22.6 Å². The number of halogens is 3. The molecule has 0 aliphatic heterocycles. The monoisotopic (exact) mass is 359 g/mol. The normalized spacial score (nSPS) is 12.4. The molecule has 1 atom stereocenters. The van der Waals surface area contributed by atoms with Crippen LogP contribution in [0.3, 0.4) is 0 Å². The molecule has 0 amide bonds. The van der Waals surface area contributed by atoms with E-state index in [2.05, 4.69) is 22.6 Å². The van der Waals surface area contributed by atoms with Crippen molar-refractivity contribution >= 4 is 22.6 Å². The first kappa shape index (κ1) is 13.4. The Morgan fingerprint density at radius 1 is 1.06 bits per heavy atom. The summed E-state index contributed by atoms with van der Waals surface area (Å²) in [5.74, 6) is -1.12. The van der Waals surface area contributed by atoms with E-state index in [1.54, 1.807) is 0 Å². The Hall–Kier alpha value is -1.01. The Kier molecular flexibility index (Phi) is 4.29. The van der Waals surface area contributed by atoms with Crippen molar-refractivity contribution in [1.82, 2.24) is 0 Å². The number of nitrogens with two attached hydrogens (primary N) is 1. The van der Waals surface area contributed by atoms with E-state index in [1.807, 2.05) is 24.3 Å². The average molecular weight is 359 g/mol. The first-order valence-corrected chi connectivity index (χ1v) is 6.59. The van der Waals surface area contributed by atoms with Crippen molar-refractivity contribution in [2.45, 2.75) is 12.5 Å².